The maximum absolute atomic E-state index is 14.3. The molecule has 6 atom stereocenters. The molecule has 4 rings (SSSR count). The van der Waals surface area contributed by atoms with Gasteiger partial charge < -0.3 is 31.3 Å². The maximum Gasteiger partial charge on any atom is 0.329 e. The average Bonchev–Trinajstić information content (AvgIpc) is 3.30. The number of ether oxygens (including phenoxy) is 1. The number of carbonyl (C=O) groups is 6. The predicted octanol–water partition coefficient (Wildman–Crippen LogP) is 3.07. The Bertz CT molecular complexity index is 1380. The molecule has 0 aromatic heterocycles. The minimum Gasteiger partial charge on any atom is -0.459 e. The first-order valence-corrected chi connectivity index (χ1v) is 17.1. The number of Topliss-reactive ketones (excluding diaryl/α,β-unsaturated/α-hetero) is 1. The lowest BCUT2D eigenvalue weighted by molar-refractivity contribution is -0.147. The van der Waals surface area contributed by atoms with Crippen molar-refractivity contribution >= 4 is 35.5 Å². The second-order valence-corrected chi connectivity index (χ2v) is 15.9. The smallest absolute Gasteiger partial charge is 0.329 e. The summed E-state index contributed by atoms with van der Waals surface area (Å²) in [6.07, 6.45) is 3.50. The van der Waals surface area contributed by atoms with Crippen molar-refractivity contribution in [2.24, 2.45) is 40.2 Å². The fourth-order valence-electron chi connectivity index (χ4n) is 7.20. The molecule has 5 amide bonds. The summed E-state index contributed by atoms with van der Waals surface area (Å²) in [6.45, 7) is 13.7. The Morgan fingerprint density at radius 1 is 0.979 bits per heavy atom. The molecule has 3 fully saturated rings. The monoisotopic (exact) mass is 667 g/mol. The van der Waals surface area contributed by atoms with E-state index in [4.69, 9.17) is 10.5 Å². The molecule has 1 aromatic rings. The molecule has 2 saturated carbocycles. The Morgan fingerprint density at radius 2 is 1.62 bits per heavy atom. The third kappa shape index (κ3) is 8.54. The zero-order chi connectivity index (χ0) is 35.6. The van der Waals surface area contributed by atoms with Crippen LogP contribution < -0.4 is 21.7 Å². The molecular weight excluding hydrogens is 614 g/mol. The molecule has 0 spiro atoms. The summed E-state index contributed by atoms with van der Waals surface area (Å²) < 4.78 is 5.51. The molecule has 1 saturated heterocycles. The molecule has 1 aromatic carbocycles. The van der Waals surface area contributed by atoms with Gasteiger partial charge in [-0.05, 0) is 52.9 Å². The Hall–Kier alpha value is -3.96. The summed E-state index contributed by atoms with van der Waals surface area (Å²) >= 11 is 0. The Morgan fingerprint density at radius 3 is 2.17 bits per heavy atom. The lowest BCUT2D eigenvalue weighted by Crippen LogP contribution is -2.62. The molecule has 1 aliphatic heterocycles. The number of esters is 1. The van der Waals surface area contributed by atoms with Gasteiger partial charge in [0.25, 0.3) is 5.91 Å². The van der Waals surface area contributed by atoms with Gasteiger partial charge in [-0.3, -0.25) is 19.2 Å². The summed E-state index contributed by atoms with van der Waals surface area (Å²) in [7, 11) is 0. The highest BCUT2D eigenvalue weighted by molar-refractivity contribution is 6.37. The number of piperidine rings is 1. The van der Waals surface area contributed by atoms with E-state index in [1.807, 2.05) is 78.8 Å². The second kappa shape index (κ2) is 14.7. The van der Waals surface area contributed by atoms with Crippen LogP contribution in [0.1, 0.15) is 86.1 Å². The normalized spacial score (nSPS) is 23.2. The first kappa shape index (κ1) is 36.9. The zero-order valence-electron chi connectivity index (χ0n) is 29.3. The van der Waals surface area contributed by atoms with Gasteiger partial charge in [-0.15, -0.1) is 0 Å². The van der Waals surface area contributed by atoms with Gasteiger partial charge in [-0.2, -0.15) is 0 Å². The van der Waals surface area contributed by atoms with Gasteiger partial charge in [0, 0.05) is 6.54 Å². The Kier molecular flexibility index (Phi) is 11.3. The topological polar surface area (TPSA) is 177 Å². The number of primary amides is 1. The van der Waals surface area contributed by atoms with Crippen molar-refractivity contribution in [1.82, 2.24) is 20.9 Å². The van der Waals surface area contributed by atoms with Crippen molar-refractivity contribution in [2.45, 2.75) is 111 Å². The fraction of sp³-hybridized carbons (Fsp3) is 0.667. The number of benzene rings is 1. The summed E-state index contributed by atoms with van der Waals surface area (Å²) in [5.74, 6) is -3.30. The van der Waals surface area contributed by atoms with Crippen LogP contribution >= 0.6 is 0 Å². The molecule has 48 heavy (non-hydrogen) atoms. The number of amides is 5. The van der Waals surface area contributed by atoms with Crippen molar-refractivity contribution < 1.29 is 33.5 Å². The largest absolute Gasteiger partial charge is 0.459 e. The minimum atomic E-state index is -1.11. The van der Waals surface area contributed by atoms with Crippen LogP contribution in [0, 0.1) is 34.5 Å². The van der Waals surface area contributed by atoms with E-state index in [0.29, 0.717) is 19.4 Å². The molecule has 0 bridgehead atoms. The van der Waals surface area contributed by atoms with E-state index < -0.39 is 65.1 Å². The summed E-state index contributed by atoms with van der Waals surface area (Å²) in [5, 5.41) is 8.30. The third-order valence-electron chi connectivity index (χ3n) is 10.3. The highest BCUT2D eigenvalue weighted by atomic mass is 16.5. The zero-order valence-corrected chi connectivity index (χ0v) is 29.3. The molecule has 5 N–H and O–H groups in total. The molecule has 12 heteroatoms. The van der Waals surface area contributed by atoms with E-state index in [9.17, 15) is 28.8 Å². The Labute approximate surface area is 283 Å². The van der Waals surface area contributed by atoms with Crippen molar-refractivity contribution in [1.29, 1.82) is 0 Å². The number of fused-ring (bicyclic) bond motifs is 1. The van der Waals surface area contributed by atoms with Gasteiger partial charge in [0.1, 0.15) is 24.7 Å². The van der Waals surface area contributed by atoms with E-state index in [-0.39, 0.29) is 35.7 Å². The number of carbonyl (C=O) groups excluding carboxylic acids is 6. The molecule has 2 aliphatic carbocycles. The number of urea groups is 1. The third-order valence-corrected chi connectivity index (χ3v) is 10.3. The van der Waals surface area contributed by atoms with Gasteiger partial charge in [0.2, 0.25) is 17.6 Å². The van der Waals surface area contributed by atoms with E-state index in [0.717, 1.165) is 24.8 Å². The van der Waals surface area contributed by atoms with Crippen LogP contribution in [-0.4, -0.2) is 71.1 Å². The van der Waals surface area contributed by atoms with Gasteiger partial charge in [-0.25, -0.2) is 9.59 Å². The molecule has 0 radical (unpaired) electrons. The number of ketones is 1. The van der Waals surface area contributed by atoms with Crippen LogP contribution in [0.4, 0.5) is 4.79 Å². The number of nitrogens with one attached hydrogen (secondary N) is 3. The highest BCUT2D eigenvalue weighted by Gasteiger charge is 2.70. The molecule has 12 nitrogen and oxygen atoms in total. The van der Waals surface area contributed by atoms with Gasteiger partial charge in [0.05, 0.1) is 6.04 Å². The summed E-state index contributed by atoms with van der Waals surface area (Å²) in [6, 6.07) is 4.59. The van der Waals surface area contributed by atoms with E-state index >= 15 is 0 Å². The first-order chi connectivity index (χ1) is 22.4. The molecule has 1 unspecified atom stereocenters. The summed E-state index contributed by atoms with van der Waals surface area (Å²) in [4.78, 5) is 80.8. The van der Waals surface area contributed by atoms with Gasteiger partial charge in [0.15, 0.2) is 0 Å². The minimum absolute atomic E-state index is 0.0541. The van der Waals surface area contributed by atoms with Crippen molar-refractivity contribution in [3.63, 3.8) is 0 Å². The lowest BCUT2D eigenvalue weighted by atomic mass is 9.80. The van der Waals surface area contributed by atoms with Crippen molar-refractivity contribution in [2.75, 3.05) is 6.54 Å². The number of rotatable bonds is 14. The molecule has 3 aliphatic rings. The molecule has 1 heterocycles. The van der Waals surface area contributed by atoms with E-state index in [2.05, 4.69) is 16.0 Å². The Balaban J connectivity index is 1.49. The number of likely N-dealkylation sites (tertiary alicyclic amines) is 1. The first-order valence-electron chi connectivity index (χ1n) is 17.1. The van der Waals surface area contributed by atoms with Crippen LogP contribution in [0.3, 0.4) is 0 Å². The van der Waals surface area contributed by atoms with Gasteiger partial charge >= 0.3 is 12.0 Å². The lowest BCUT2D eigenvalue weighted by Gasteiger charge is -2.38. The number of hydrogen-bond donors (Lipinski definition) is 4. The van der Waals surface area contributed by atoms with Crippen molar-refractivity contribution in [3.05, 3.63) is 35.9 Å². The van der Waals surface area contributed by atoms with E-state index in [1.54, 1.807) is 0 Å². The van der Waals surface area contributed by atoms with Crippen LogP contribution in [0.2, 0.25) is 0 Å². The van der Waals surface area contributed by atoms with Crippen LogP contribution in [0.5, 0.6) is 0 Å². The number of hydrogen-bond acceptors (Lipinski definition) is 7. The van der Waals surface area contributed by atoms with Crippen LogP contribution in [0.25, 0.3) is 0 Å². The summed E-state index contributed by atoms with van der Waals surface area (Å²) in [5.41, 5.74) is 5.17. The maximum atomic E-state index is 14.3. The standard InChI is InChI=1S/C36H53N5O7/c1-20(2)16-25(33(46)48-19-22-12-9-8-10-13-22)39-34(47)40-29(35(3,4)5)32(45)41-18-23-26(36(23,6)7)27(41)31(44)38-24(28(42)30(37)43)17-21-14-11-15-21/h8-10,12-13,20-21,23-27,29H,11,14-19H2,1-7H3,(H2,37,43)(H,38,44)(H2,39,40,47)/t23-,24?,25-,26-,27-,29+/m0/s1. The molecule has 264 valence electrons. The van der Waals surface area contributed by atoms with E-state index in [1.165, 1.54) is 4.90 Å². The molecular formula is C36H53N5O7. The highest BCUT2D eigenvalue weighted by Crippen LogP contribution is 2.65. The number of nitrogens with zero attached hydrogens (tertiary/aromatic N) is 1. The average molecular weight is 668 g/mol. The number of nitrogens with two attached hydrogens (primary N) is 1. The van der Waals surface area contributed by atoms with Crippen LogP contribution in [-0.2, 0) is 35.3 Å². The van der Waals surface area contributed by atoms with Crippen molar-refractivity contribution in [3.8, 4) is 0 Å². The second-order valence-electron chi connectivity index (χ2n) is 15.9. The van der Waals surface area contributed by atoms with Crippen LogP contribution in [0.15, 0.2) is 30.3 Å². The SMILES string of the molecule is CC(C)C[C@H](NC(=O)N[C@H](C(=O)N1C[C@H]2[C@@H]([C@H]1C(=O)NC(CC1CCC1)C(=O)C(N)=O)C2(C)C)C(C)(C)C)C(=O)OCc1ccccc1. The quantitative estimate of drug-likeness (QED) is 0.174. The fourth-order valence-corrected chi connectivity index (χ4v) is 7.20. The van der Waals surface area contributed by atoms with Gasteiger partial charge in [-0.1, -0.05) is 98.1 Å². The predicted molar refractivity (Wildman–Crippen MR) is 179 cm³/mol.